The minimum Gasteiger partial charge on any atom is -0.416 e. The summed E-state index contributed by atoms with van der Waals surface area (Å²) in [6, 6.07) is 1.92. The number of carbonyl (C=O) groups excluding carboxylic acids is 1. The molecule has 1 N–H and O–H groups in total. The van der Waals surface area contributed by atoms with Crippen LogP contribution >= 0.6 is 15.9 Å². The second kappa shape index (κ2) is 7.66. The molecule has 0 saturated heterocycles. The van der Waals surface area contributed by atoms with Crippen LogP contribution in [-0.4, -0.2) is 25.8 Å². The van der Waals surface area contributed by atoms with Crippen molar-refractivity contribution < 1.29 is 9.22 Å². The van der Waals surface area contributed by atoms with Crippen molar-refractivity contribution in [3.8, 4) is 0 Å². The normalized spacial score (nSPS) is 13.0. The van der Waals surface area contributed by atoms with Crippen LogP contribution in [-0.2, 0) is 15.6 Å². The summed E-state index contributed by atoms with van der Waals surface area (Å²) >= 11 is 3.54. The van der Waals surface area contributed by atoms with Crippen molar-refractivity contribution >= 4 is 36.0 Å². The SMILES string of the molecule is CC(C)(C)C(=O)Nc1cc(CCO[Si](C)(C)C(C)(C)C)c(Br)cn1. The van der Waals surface area contributed by atoms with Crippen molar-refractivity contribution in [1.82, 2.24) is 4.98 Å². The van der Waals surface area contributed by atoms with Gasteiger partial charge in [-0.05, 0) is 52.1 Å². The Morgan fingerprint density at radius 3 is 2.33 bits per heavy atom. The lowest BCUT2D eigenvalue weighted by Gasteiger charge is -2.36. The molecule has 0 aliphatic rings. The Morgan fingerprint density at radius 2 is 1.83 bits per heavy atom. The lowest BCUT2D eigenvalue weighted by atomic mass is 9.96. The van der Waals surface area contributed by atoms with E-state index in [1.807, 2.05) is 26.8 Å². The number of aromatic nitrogens is 1. The minimum absolute atomic E-state index is 0.0409. The van der Waals surface area contributed by atoms with E-state index in [1.165, 1.54) is 0 Å². The Labute approximate surface area is 156 Å². The van der Waals surface area contributed by atoms with E-state index >= 15 is 0 Å². The summed E-state index contributed by atoms with van der Waals surface area (Å²) in [4.78, 5) is 16.4. The molecule has 0 saturated carbocycles. The number of rotatable bonds is 5. The first-order valence-electron chi connectivity index (χ1n) is 8.34. The second-order valence-corrected chi connectivity index (χ2v) is 14.4. The Morgan fingerprint density at radius 1 is 1.25 bits per heavy atom. The molecule has 4 nitrogen and oxygen atoms in total. The predicted octanol–water partition coefficient (Wildman–Crippen LogP) is 5.39. The van der Waals surface area contributed by atoms with Gasteiger partial charge in [0.05, 0.1) is 0 Å². The molecule has 1 rings (SSSR count). The van der Waals surface area contributed by atoms with Crippen LogP contribution in [0, 0.1) is 5.41 Å². The fourth-order valence-electron chi connectivity index (χ4n) is 1.68. The number of hydrogen-bond donors (Lipinski definition) is 1. The van der Waals surface area contributed by atoms with Gasteiger partial charge in [0.15, 0.2) is 8.32 Å². The van der Waals surface area contributed by atoms with E-state index in [0.717, 1.165) is 16.5 Å². The number of nitrogens with one attached hydrogen (secondary N) is 1. The summed E-state index contributed by atoms with van der Waals surface area (Å²) < 4.78 is 7.18. The number of nitrogens with zero attached hydrogens (tertiary/aromatic N) is 1. The molecule has 1 amide bonds. The lowest BCUT2D eigenvalue weighted by Crippen LogP contribution is -2.41. The molecule has 1 heterocycles. The Bertz CT molecular complexity index is 590. The predicted molar refractivity (Wildman–Crippen MR) is 107 cm³/mol. The summed E-state index contributed by atoms with van der Waals surface area (Å²) in [5.41, 5.74) is 0.647. The molecule has 0 unspecified atom stereocenters. The number of carbonyl (C=O) groups is 1. The van der Waals surface area contributed by atoms with Crippen LogP contribution in [0.1, 0.15) is 47.1 Å². The van der Waals surface area contributed by atoms with Crippen LogP contribution in [0.25, 0.3) is 0 Å². The maximum absolute atomic E-state index is 12.1. The van der Waals surface area contributed by atoms with Crippen LogP contribution in [0.15, 0.2) is 16.7 Å². The molecule has 0 atom stereocenters. The molecular weight excluding hydrogens is 384 g/mol. The zero-order valence-corrected chi connectivity index (χ0v) is 18.8. The molecule has 1 aromatic rings. The van der Waals surface area contributed by atoms with E-state index < -0.39 is 13.7 Å². The van der Waals surface area contributed by atoms with E-state index in [-0.39, 0.29) is 10.9 Å². The quantitative estimate of drug-likeness (QED) is 0.656. The van der Waals surface area contributed by atoms with Gasteiger partial charge in [-0.15, -0.1) is 0 Å². The highest BCUT2D eigenvalue weighted by Gasteiger charge is 2.36. The van der Waals surface area contributed by atoms with Crippen LogP contribution in [0.3, 0.4) is 0 Å². The Balaban J connectivity index is 2.76. The van der Waals surface area contributed by atoms with Gasteiger partial charge in [0.25, 0.3) is 0 Å². The van der Waals surface area contributed by atoms with E-state index in [1.54, 1.807) is 6.20 Å². The third-order valence-corrected chi connectivity index (χ3v) is 9.75. The van der Waals surface area contributed by atoms with Crippen LogP contribution in [0.5, 0.6) is 0 Å². The van der Waals surface area contributed by atoms with Crippen molar-refractivity contribution in [1.29, 1.82) is 0 Å². The molecule has 0 aliphatic heterocycles. The molecule has 1 aromatic heterocycles. The maximum Gasteiger partial charge on any atom is 0.230 e. The summed E-state index contributed by atoms with van der Waals surface area (Å²) in [6.45, 7) is 17.5. The number of hydrogen-bond acceptors (Lipinski definition) is 3. The van der Waals surface area contributed by atoms with Crippen molar-refractivity contribution in [3.63, 3.8) is 0 Å². The van der Waals surface area contributed by atoms with Gasteiger partial charge in [-0.1, -0.05) is 41.5 Å². The monoisotopic (exact) mass is 414 g/mol. The van der Waals surface area contributed by atoms with E-state index in [9.17, 15) is 4.79 Å². The minimum atomic E-state index is -1.74. The molecule has 0 spiro atoms. The molecule has 0 aromatic carbocycles. The molecule has 0 bridgehead atoms. The topological polar surface area (TPSA) is 51.2 Å². The summed E-state index contributed by atoms with van der Waals surface area (Å²) in [5.74, 6) is 0.543. The largest absolute Gasteiger partial charge is 0.416 e. The second-order valence-electron chi connectivity index (χ2n) is 8.72. The number of anilines is 1. The van der Waals surface area contributed by atoms with Gasteiger partial charge in [-0.25, -0.2) is 4.98 Å². The van der Waals surface area contributed by atoms with Gasteiger partial charge >= 0.3 is 0 Å². The molecule has 6 heteroatoms. The fraction of sp³-hybridized carbons (Fsp3) is 0.667. The first kappa shape index (κ1) is 21.3. The van der Waals surface area contributed by atoms with Crippen LogP contribution in [0.2, 0.25) is 18.1 Å². The molecule has 0 fully saturated rings. The summed E-state index contributed by atoms with van der Waals surface area (Å²) in [5, 5.41) is 3.08. The molecule has 0 aliphatic carbocycles. The number of amides is 1. The smallest absolute Gasteiger partial charge is 0.230 e. The van der Waals surface area contributed by atoms with Gasteiger partial charge in [-0.2, -0.15) is 0 Å². The first-order valence-corrected chi connectivity index (χ1v) is 12.0. The third kappa shape index (κ3) is 5.97. The van der Waals surface area contributed by atoms with Crippen molar-refractivity contribution in [2.75, 3.05) is 11.9 Å². The first-order chi connectivity index (χ1) is 10.7. The molecule has 24 heavy (non-hydrogen) atoms. The van der Waals surface area contributed by atoms with Gasteiger partial charge in [0.2, 0.25) is 5.91 Å². The third-order valence-electron chi connectivity index (χ3n) is 4.50. The molecular formula is C18H31BrN2O2Si. The van der Waals surface area contributed by atoms with E-state index in [4.69, 9.17) is 4.43 Å². The van der Waals surface area contributed by atoms with Crippen LogP contribution < -0.4 is 5.32 Å². The zero-order valence-electron chi connectivity index (χ0n) is 16.2. The molecule has 0 radical (unpaired) electrons. The highest BCUT2D eigenvalue weighted by Crippen LogP contribution is 2.36. The average Bonchev–Trinajstić information content (AvgIpc) is 2.39. The highest BCUT2D eigenvalue weighted by molar-refractivity contribution is 9.10. The standard InChI is InChI=1S/C18H31BrN2O2Si/c1-17(2,3)16(22)21-15-11-13(14(19)12-20-15)9-10-23-24(7,8)18(4,5)6/h11-12H,9-10H2,1-8H3,(H,20,21,22). The number of halogens is 1. The fourth-order valence-corrected chi connectivity index (χ4v) is 3.14. The van der Waals surface area contributed by atoms with Gasteiger partial charge in [0, 0.05) is 22.7 Å². The van der Waals surface area contributed by atoms with E-state index in [0.29, 0.717) is 12.4 Å². The summed E-state index contributed by atoms with van der Waals surface area (Å²) in [6.07, 6.45) is 2.52. The maximum atomic E-state index is 12.1. The highest BCUT2D eigenvalue weighted by atomic mass is 79.9. The van der Waals surface area contributed by atoms with Crippen LogP contribution in [0.4, 0.5) is 5.82 Å². The van der Waals surface area contributed by atoms with Gasteiger partial charge in [-0.3, -0.25) is 4.79 Å². The van der Waals surface area contributed by atoms with Crippen molar-refractivity contribution in [3.05, 3.63) is 22.3 Å². The Kier molecular flexibility index (Phi) is 6.81. The van der Waals surface area contributed by atoms with Gasteiger partial charge < -0.3 is 9.74 Å². The van der Waals surface area contributed by atoms with Crippen molar-refractivity contribution in [2.24, 2.45) is 5.41 Å². The average molecular weight is 415 g/mol. The van der Waals surface area contributed by atoms with Gasteiger partial charge in [0.1, 0.15) is 5.82 Å². The van der Waals surface area contributed by atoms with Crippen molar-refractivity contribution in [2.45, 2.75) is 66.1 Å². The summed E-state index contributed by atoms with van der Waals surface area (Å²) in [7, 11) is -1.74. The number of pyridine rings is 1. The molecule has 136 valence electrons. The zero-order chi connectivity index (χ0) is 18.8. The lowest BCUT2D eigenvalue weighted by molar-refractivity contribution is -0.123. The van der Waals surface area contributed by atoms with E-state index in [2.05, 4.69) is 60.1 Å². The Hall–Kier alpha value is -0.723.